The average Bonchev–Trinajstić information content (AvgIpc) is 2.55. The molecule has 0 aliphatic carbocycles. The van der Waals surface area contributed by atoms with E-state index in [2.05, 4.69) is 30.5 Å². The number of aromatic nitrogens is 1. The number of nitrogens with zero attached hydrogens (tertiary/aromatic N) is 1. The normalized spacial score (nSPS) is 10.7. The number of hydrogen-bond donors (Lipinski definition) is 1. The zero-order valence-corrected chi connectivity index (χ0v) is 11.8. The summed E-state index contributed by atoms with van der Waals surface area (Å²) in [6, 6.07) is 8.17. The van der Waals surface area contributed by atoms with E-state index in [-0.39, 0.29) is 6.42 Å². The highest BCUT2D eigenvalue weighted by molar-refractivity contribution is 5.71. The summed E-state index contributed by atoms with van der Waals surface area (Å²) in [5.41, 5.74) is 6.53. The second kappa shape index (κ2) is 4.92. The van der Waals surface area contributed by atoms with Gasteiger partial charge in [-0.15, -0.1) is 0 Å². The maximum Gasteiger partial charge on any atom is 0.307 e. The fraction of sp³-hybridized carbons (Fsp3) is 0.312. The molecule has 19 heavy (non-hydrogen) atoms. The number of carboxylic acids is 1. The van der Waals surface area contributed by atoms with Crippen molar-refractivity contribution in [1.29, 1.82) is 0 Å². The van der Waals surface area contributed by atoms with Crippen LogP contribution in [0.15, 0.2) is 24.3 Å². The second-order valence-corrected chi connectivity index (χ2v) is 5.04. The molecule has 1 aromatic heterocycles. The number of aliphatic carboxylic acids is 1. The first-order valence-electron chi connectivity index (χ1n) is 6.38. The molecule has 0 spiro atoms. The van der Waals surface area contributed by atoms with Crippen molar-refractivity contribution in [2.24, 2.45) is 0 Å². The minimum absolute atomic E-state index is 0.0740. The van der Waals surface area contributed by atoms with E-state index in [1.807, 2.05) is 26.0 Å². The Morgan fingerprint density at radius 3 is 2.26 bits per heavy atom. The summed E-state index contributed by atoms with van der Waals surface area (Å²) in [4.78, 5) is 10.9. The first kappa shape index (κ1) is 13.4. The van der Waals surface area contributed by atoms with E-state index >= 15 is 0 Å². The van der Waals surface area contributed by atoms with Gasteiger partial charge in [0.1, 0.15) is 0 Å². The Bertz CT molecular complexity index is 618. The SMILES string of the molecule is Cc1cccc(C)c1-n1c(C)cc(CC(=O)O)c1C. The predicted octanol–water partition coefficient (Wildman–Crippen LogP) is 3.34. The number of carbonyl (C=O) groups is 1. The Balaban J connectivity index is 2.63. The molecular weight excluding hydrogens is 238 g/mol. The summed E-state index contributed by atoms with van der Waals surface area (Å²) in [5, 5.41) is 8.96. The van der Waals surface area contributed by atoms with Crippen LogP contribution in [0.2, 0.25) is 0 Å². The van der Waals surface area contributed by atoms with E-state index in [4.69, 9.17) is 5.11 Å². The minimum atomic E-state index is -0.790. The summed E-state index contributed by atoms with van der Waals surface area (Å²) in [7, 11) is 0. The van der Waals surface area contributed by atoms with Gasteiger partial charge in [0.05, 0.1) is 12.1 Å². The molecule has 2 rings (SSSR count). The molecule has 1 aromatic carbocycles. The molecule has 0 radical (unpaired) electrons. The molecule has 100 valence electrons. The van der Waals surface area contributed by atoms with Gasteiger partial charge in [-0.05, 0) is 50.5 Å². The Kier molecular flexibility index (Phi) is 3.47. The van der Waals surface area contributed by atoms with Crippen LogP contribution in [0.5, 0.6) is 0 Å². The van der Waals surface area contributed by atoms with Crippen molar-refractivity contribution in [3.63, 3.8) is 0 Å². The predicted molar refractivity (Wildman–Crippen MR) is 76.1 cm³/mol. The van der Waals surface area contributed by atoms with Gasteiger partial charge in [-0.1, -0.05) is 18.2 Å². The standard InChI is InChI=1S/C16H19NO2/c1-10-6-5-7-11(2)16(10)17-12(3)8-14(13(17)4)9-15(18)19/h5-8H,9H2,1-4H3,(H,18,19). The van der Waals surface area contributed by atoms with Gasteiger partial charge in [-0.2, -0.15) is 0 Å². The molecule has 0 saturated carbocycles. The maximum absolute atomic E-state index is 10.9. The second-order valence-electron chi connectivity index (χ2n) is 5.04. The van der Waals surface area contributed by atoms with E-state index < -0.39 is 5.97 Å². The van der Waals surface area contributed by atoms with Crippen molar-refractivity contribution in [2.45, 2.75) is 34.1 Å². The van der Waals surface area contributed by atoms with E-state index in [9.17, 15) is 4.79 Å². The summed E-state index contributed by atoms with van der Waals surface area (Å²) in [6.45, 7) is 8.16. The molecule has 0 aliphatic heterocycles. The number of hydrogen-bond acceptors (Lipinski definition) is 1. The zero-order chi connectivity index (χ0) is 14.2. The van der Waals surface area contributed by atoms with Gasteiger partial charge in [0.15, 0.2) is 0 Å². The lowest BCUT2D eigenvalue weighted by molar-refractivity contribution is -0.136. The molecule has 0 fully saturated rings. The Hall–Kier alpha value is -2.03. The van der Waals surface area contributed by atoms with Gasteiger partial charge in [-0.25, -0.2) is 0 Å². The van der Waals surface area contributed by atoms with Crippen molar-refractivity contribution in [1.82, 2.24) is 4.57 Å². The molecule has 3 heteroatoms. The number of rotatable bonds is 3. The van der Waals surface area contributed by atoms with Crippen LogP contribution in [-0.4, -0.2) is 15.6 Å². The van der Waals surface area contributed by atoms with Crippen LogP contribution in [0.3, 0.4) is 0 Å². The molecule has 0 amide bonds. The third kappa shape index (κ3) is 2.41. The Morgan fingerprint density at radius 2 is 1.74 bits per heavy atom. The molecule has 0 saturated heterocycles. The fourth-order valence-electron chi connectivity index (χ4n) is 2.67. The number of carboxylic acid groups (broad SMARTS) is 1. The van der Waals surface area contributed by atoms with Crippen molar-refractivity contribution >= 4 is 5.97 Å². The van der Waals surface area contributed by atoms with E-state index in [0.717, 1.165) is 22.6 Å². The quantitative estimate of drug-likeness (QED) is 0.916. The molecule has 2 aromatic rings. The van der Waals surface area contributed by atoms with Gasteiger partial charge < -0.3 is 9.67 Å². The van der Waals surface area contributed by atoms with Gasteiger partial charge in [-0.3, -0.25) is 4.79 Å². The van der Waals surface area contributed by atoms with E-state index in [1.165, 1.54) is 11.1 Å². The number of aryl methyl sites for hydroxylation is 3. The van der Waals surface area contributed by atoms with Crippen LogP contribution in [0.25, 0.3) is 5.69 Å². The lowest BCUT2D eigenvalue weighted by atomic mass is 10.1. The van der Waals surface area contributed by atoms with E-state index in [1.54, 1.807) is 0 Å². The van der Waals surface area contributed by atoms with Crippen LogP contribution in [0.1, 0.15) is 28.1 Å². The summed E-state index contributed by atoms with van der Waals surface area (Å²) >= 11 is 0. The lowest BCUT2D eigenvalue weighted by Crippen LogP contribution is -2.06. The van der Waals surface area contributed by atoms with Crippen LogP contribution in [0, 0.1) is 27.7 Å². The molecular formula is C16H19NO2. The fourth-order valence-corrected chi connectivity index (χ4v) is 2.67. The molecule has 3 nitrogen and oxygen atoms in total. The topological polar surface area (TPSA) is 42.2 Å². The summed E-state index contributed by atoms with van der Waals surface area (Å²) < 4.78 is 2.16. The van der Waals surface area contributed by atoms with Crippen LogP contribution in [0.4, 0.5) is 0 Å². The Morgan fingerprint density at radius 1 is 1.16 bits per heavy atom. The largest absolute Gasteiger partial charge is 0.481 e. The first-order chi connectivity index (χ1) is 8.91. The molecule has 0 unspecified atom stereocenters. The minimum Gasteiger partial charge on any atom is -0.481 e. The number of para-hydroxylation sites is 1. The first-order valence-corrected chi connectivity index (χ1v) is 6.38. The van der Waals surface area contributed by atoms with Crippen molar-refractivity contribution in [3.8, 4) is 5.69 Å². The third-order valence-corrected chi connectivity index (χ3v) is 3.54. The van der Waals surface area contributed by atoms with Crippen LogP contribution in [-0.2, 0) is 11.2 Å². The third-order valence-electron chi connectivity index (χ3n) is 3.54. The highest BCUT2D eigenvalue weighted by atomic mass is 16.4. The summed E-state index contributed by atoms with van der Waals surface area (Å²) in [5.74, 6) is -0.790. The maximum atomic E-state index is 10.9. The van der Waals surface area contributed by atoms with Gasteiger partial charge >= 0.3 is 5.97 Å². The van der Waals surface area contributed by atoms with E-state index in [0.29, 0.717) is 0 Å². The highest BCUT2D eigenvalue weighted by Crippen LogP contribution is 2.26. The van der Waals surface area contributed by atoms with Crippen molar-refractivity contribution in [2.75, 3.05) is 0 Å². The van der Waals surface area contributed by atoms with Crippen LogP contribution < -0.4 is 0 Å². The van der Waals surface area contributed by atoms with Gasteiger partial charge in [0.2, 0.25) is 0 Å². The summed E-state index contributed by atoms with van der Waals surface area (Å²) in [6.07, 6.45) is 0.0740. The lowest BCUT2D eigenvalue weighted by Gasteiger charge is -2.15. The number of benzene rings is 1. The monoisotopic (exact) mass is 257 g/mol. The molecule has 1 N–H and O–H groups in total. The zero-order valence-electron chi connectivity index (χ0n) is 11.8. The molecule has 0 bridgehead atoms. The average molecular weight is 257 g/mol. The smallest absolute Gasteiger partial charge is 0.307 e. The van der Waals surface area contributed by atoms with Gasteiger partial charge in [0, 0.05) is 11.4 Å². The van der Waals surface area contributed by atoms with Crippen molar-refractivity contribution < 1.29 is 9.90 Å². The Labute approximate surface area is 113 Å². The van der Waals surface area contributed by atoms with Crippen molar-refractivity contribution in [3.05, 3.63) is 52.3 Å². The molecule has 1 heterocycles. The van der Waals surface area contributed by atoms with Crippen LogP contribution >= 0.6 is 0 Å². The van der Waals surface area contributed by atoms with Gasteiger partial charge in [0.25, 0.3) is 0 Å². The molecule has 0 aliphatic rings. The highest BCUT2D eigenvalue weighted by Gasteiger charge is 2.15. The molecule has 0 atom stereocenters.